The van der Waals surface area contributed by atoms with Crippen molar-refractivity contribution >= 4 is 16.7 Å². The maximum absolute atomic E-state index is 14.1. The maximum atomic E-state index is 14.1. The van der Waals surface area contributed by atoms with Crippen LogP contribution in [0.5, 0.6) is 0 Å². The Bertz CT molecular complexity index is 768. The smallest absolute Gasteiger partial charge is 0.186 e. The van der Waals surface area contributed by atoms with Gasteiger partial charge in [0, 0.05) is 18.1 Å². The van der Waals surface area contributed by atoms with Gasteiger partial charge in [-0.15, -0.1) is 0 Å². The fraction of sp³-hybridized carbons (Fsp3) is 0.188. The predicted molar refractivity (Wildman–Crippen MR) is 80.4 cm³/mol. The van der Waals surface area contributed by atoms with E-state index in [-0.39, 0.29) is 11.6 Å². The molecule has 0 fully saturated rings. The van der Waals surface area contributed by atoms with Gasteiger partial charge >= 0.3 is 0 Å². The van der Waals surface area contributed by atoms with E-state index in [1.807, 2.05) is 37.3 Å². The van der Waals surface area contributed by atoms with Crippen LogP contribution in [0.3, 0.4) is 0 Å². The number of hydrogen-bond donors (Lipinski definition) is 1. The van der Waals surface area contributed by atoms with Crippen LogP contribution in [-0.2, 0) is 13.0 Å². The molecule has 3 aromatic rings. The number of rotatable bonds is 4. The van der Waals surface area contributed by atoms with Crippen LogP contribution < -0.4 is 5.32 Å². The molecule has 1 aromatic carbocycles. The highest BCUT2D eigenvalue weighted by Gasteiger charge is 2.10. The Morgan fingerprint density at radius 3 is 2.81 bits per heavy atom. The van der Waals surface area contributed by atoms with Gasteiger partial charge in [-0.05, 0) is 18.1 Å². The van der Waals surface area contributed by atoms with E-state index in [2.05, 4.69) is 20.3 Å². The number of fused-ring (bicyclic) bond motifs is 1. The van der Waals surface area contributed by atoms with E-state index in [1.165, 1.54) is 6.33 Å². The van der Waals surface area contributed by atoms with Gasteiger partial charge in [0.05, 0.1) is 11.2 Å². The average molecular weight is 282 g/mol. The summed E-state index contributed by atoms with van der Waals surface area (Å²) in [5.41, 5.74) is 2.34. The summed E-state index contributed by atoms with van der Waals surface area (Å²) in [7, 11) is 0. The Hall–Kier alpha value is -2.56. The lowest BCUT2D eigenvalue weighted by Crippen LogP contribution is -2.07. The van der Waals surface area contributed by atoms with E-state index in [0.29, 0.717) is 18.7 Å². The monoisotopic (exact) mass is 282 g/mol. The third kappa shape index (κ3) is 2.67. The SMILES string of the molecule is CCc1ncnc(NCc2cccc3cccnc23)c1F. The largest absolute Gasteiger partial charge is 0.363 e. The topological polar surface area (TPSA) is 50.7 Å². The highest BCUT2D eigenvalue weighted by molar-refractivity contribution is 5.81. The molecule has 5 heteroatoms. The molecule has 3 rings (SSSR count). The Morgan fingerprint density at radius 2 is 1.95 bits per heavy atom. The van der Waals surface area contributed by atoms with Gasteiger partial charge in [0.15, 0.2) is 11.6 Å². The van der Waals surface area contributed by atoms with Gasteiger partial charge in [-0.25, -0.2) is 14.4 Å². The molecular formula is C16H15FN4. The summed E-state index contributed by atoms with van der Waals surface area (Å²) in [4.78, 5) is 12.3. The summed E-state index contributed by atoms with van der Waals surface area (Å²) < 4.78 is 14.1. The normalized spacial score (nSPS) is 10.8. The Morgan fingerprint density at radius 1 is 1.10 bits per heavy atom. The number of halogens is 1. The zero-order chi connectivity index (χ0) is 14.7. The van der Waals surface area contributed by atoms with E-state index in [1.54, 1.807) is 6.20 Å². The molecule has 21 heavy (non-hydrogen) atoms. The van der Waals surface area contributed by atoms with Gasteiger partial charge < -0.3 is 5.32 Å². The van der Waals surface area contributed by atoms with Gasteiger partial charge in [0.1, 0.15) is 6.33 Å². The molecule has 0 aliphatic heterocycles. The summed E-state index contributed by atoms with van der Waals surface area (Å²) in [6, 6.07) is 9.85. The minimum Gasteiger partial charge on any atom is -0.363 e. The van der Waals surface area contributed by atoms with E-state index < -0.39 is 0 Å². The maximum Gasteiger partial charge on any atom is 0.186 e. The van der Waals surface area contributed by atoms with E-state index >= 15 is 0 Å². The standard InChI is InChI=1S/C16H15FN4/c1-2-13-14(17)16(21-10-20-13)19-9-12-6-3-5-11-7-4-8-18-15(11)12/h3-8,10H,2,9H2,1H3,(H,19,20,21). The molecule has 4 nitrogen and oxygen atoms in total. The minimum atomic E-state index is -0.381. The molecule has 2 aromatic heterocycles. The van der Waals surface area contributed by atoms with Crippen LogP contribution in [-0.4, -0.2) is 15.0 Å². The van der Waals surface area contributed by atoms with Crippen molar-refractivity contribution in [2.75, 3.05) is 5.32 Å². The van der Waals surface area contributed by atoms with Crippen molar-refractivity contribution in [3.63, 3.8) is 0 Å². The second-order valence-electron chi connectivity index (χ2n) is 4.68. The zero-order valence-electron chi connectivity index (χ0n) is 11.7. The van der Waals surface area contributed by atoms with Gasteiger partial charge in [0.2, 0.25) is 0 Å². The van der Waals surface area contributed by atoms with Crippen molar-refractivity contribution in [2.24, 2.45) is 0 Å². The third-order valence-electron chi connectivity index (χ3n) is 3.36. The second-order valence-corrected chi connectivity index (χ2v) is 4.68. The summed E-state index contributed by atoms with van der Waals surface area (Å²) in [6.07, 6.45) is 3.68. The first-order valence-corrected chi connectivity index (χ1v) is 6.85. The highest BCUT2D eigenvalue weighted by atomic mass is 19.1. The van der Waals surface area contributed by atoms with Crippen molar-refractivity contribution < 1.29 is 4.39 Å². The molecule has 0 amide bonds. The molecule has 0 spiro atoms. The number of para-hydroxylation sites is 1. The quantitative estimate of drug-likeness (QED) is 0.797. The lowest BCUT2D eigenvalue weighted by Gasteiger charge is -2.09. The summed E-state index contributed by atoms with van der Waals surface area (Å²) in [5.74, 6) is -0.150. The number of hydrogen-bond acceptors (Lipinski definition) is 4. The number of pyridine rings is 1. The first-order valence-electron chi connectivity index (χ1n) is 6.85. The molecule has 106 valence electrons. The summed E-state index contributed by atoms with van der Waals surface area (Å²) in [5, 5.41) is 4.09. The first kappa shape index (κ1) is 13.4. The number of anilines is 1. The van der Waals surface area contributed by atoms with E-state index in [4.69, 9.17) is 0 Å². The molecule has 1 N–H and O–H groups in total. The lowest BCUT2D eigenvalue weighted by molar-refractivity contribution is 0.596. The molecular weight excluding hydrogens is 267 g/mol. The van der Waals surface area contributed by atoms with Crippen LogP contribution >= 0.6 is 0 Å². The zero-order valence-corrected chi connectivity index (χ0v) is 11.7. The van der Waals surface area contributed by atoms with Crippen LogP contribution in [0.2, 0.25) is 0 Å². The van der Waals surface area contributed by atoms with Crippen LogP contribution in [0.15, 0.2) is 42.9 Å². The number of aryl methyl sites for hydroxylation is 1. The highest BCUT2D eigenvalue weighted by Crippen LogP contribution is 2.18. The molecule has 0 saturated heterocycles. The Kier molecular flexibility index (Phi) is 3.73. The number of nitrogens with zero attached hydrogens (tertiary/aromatic N) is 3. The van der Waals surface area contributed by atoms with Crippen LogP contribution in [0.25, 0.3) is 10.9 Å². The van der Waals surface area contributed by atoms with Gasteiger partial charge in [-0.1, -0.05) is 31.2 Å². The van der Waals surface area contributed by atoms with Crippen LogP contribution in [0.1, 0.15) is 18.2 Å². The molecule has 0 bridgehead atoms. The van der Waals surface area contributed by atoms with Crippen LogP contribution in [0, 0.1) is 5.82 Å². The fourth-order valence-corrected chi connectivity index (χ4v) is 2.27. The number of nitrogens with one attached hydrogen (secondary N) is 1. The Balaban J connectivity index is 1.87. The van der Waals surface area contributed by atoms with Gasteiger partial charge in [-0.2, -0.15) is 0 Å². The molecule has 0 unspecified atom stereocenters. The average Bonchev–Trinajstić information content (AvgIpc) is 2.54. The molecule has 0 aliphatic rings. The van der Waals surface area contributed by atoms with Crippen molar-refractivity contribution in [1.29, 1.82) is 0 Å². The second kappa shape index (κ2) is 5.83. The molecule has 0 atom stereocenters. The van der Waals surface area contributed by atoms with Crippen molar-refractivity contribution in [3.8, 4) is 0 Å². The molecule has 0 saturated carbocycles. The van der Waals surface area contributed by atoms with Gasteiger partial charge in [-0.3, -0.25) is 4.98 Å². The number of aromatic nitrogens is 3. The number of benzene rings is 1. The predicted octanol–water partition coefficient (Wildman–Crippen LogP) is 3.34. The Labute approximate surface area is 122 Å². The summed E-state index contributed by atoms with van der Waals surface area (Å²) in [6.45, 7) is 2.33. The lowest BCUT2D eigenvalue weighted by atomic mass is 10.1. The van der Waals surface area contributed by atoms with E-state index in [9.17, 15) is 4.39 Å². The van der Waals surface area contributed by atoms with Crippen molar-refractivity contribution in [3.05, 3.63) is 59.9 Å². The van der Waals surface area contributed by atoms with Gasteiger partial charge in [0.25, 0.3) is 0 Å². The van der Waals surface area contributed by atoms with E-state index in [0.717, 1.165) is 16.5 Å². The minimum absolute atomic E-state index is 0.231. The molecule has 2 heterocycles. The van der Waals surface area contributed by atoms with Crippen molar-refractivity contribution in [2.45, 2.75) is 19.9 Å². The molecule has 0 radical (unpaired) electrons. The summed E-state index contributed by atoms with van der Waals surface area (Å²) >= 11 is 0. The van der Waals surface area contributed by atoms with Crippen molar-refractivity contribution in [1.82, 2.24) is 15.0 Å². The first-order chi connectivity index (χ1) is 10.3. The van der Waals surface area contributed by atoms with Crippen LogP contribution in [0.4, 0.5) is 10.2 Å². The molecule has 0 aliphatic carbocycles. The third-order valence-corrected chi connectivity index (χ3v) is 3.36. The fourth-order valence-electron chi connectivity index (χ4n) is 2.27.